The van der Waals surface area contributed by atoms with Crippen LogP contribution in [0.1, 0.15) is 44.7 Å². The van der Waals surface area contributed by atoms with Gasteiger partial charge >= 0.3 is 0 Å². The van der Waals surface area contributed by atoms with Crippen molar-refractivity contribution in [3.63, 3.8) is 0 Å². The van der Waals surface area contributed by atoms with E-state index < -0.39 is 17.7 Å². The Morgan fingerprint density at radius 2 is 2.11 bits per heavy atom. The first-order valence-corrected chi connectivity index (χ1v) is 6.99. The molecule has 1 aliphatic heterocycles. The molecule has 0 aliphatic carbocycles. The van der Waals surface area contributed by atoms with E-state index in [0.29, 0.717) is 24.2 Å². The predicted octanol–water partition coefficient (Wildman–Crippen LogP) is 3.23. The van der Waals surface area contributed by atoms with Crippen LogP contribution in [0, 0.1) is 11.6 Å². The second-order valence-electron chi connectivity index (χ2n) is 5.46. The number of benzene rings is 1. The van der Waals surface area contributed by atoms with Crippen molar-refractivity contribution in [1.29, 1.82) is 0 Å². The van der Waals surface area contributed by atoms with Gasteiger partial charge in [0.25, 0.3) is 0 Å². The van der Waals surface area contributed by atoms with Gasteiger partial charge in [0, 0.05) is 36.3 Å². The van der Waals surface area contributed by atoms with E-state index in [9.17, 15) is 8.78 Å². The zero-order valence-electron chi connectivity index (χ0n) is 11.6. The maximum Gasteiger partial charge on any atom is 0.130 e. The lowest BCUT2D eigenvalue weighted by molar-refractivity contribution is 0.185. The molecule has 1 aliphatic rings. The van der Waals surface area contributed by atoms with Crippen LogP contribution in [0.4, 0.5) is 8.78 Å². The van der Waals surface area contributed by atoms with E-state index in [4.69, 9.17) is 5.73 Å². The Bertz CT molecular complexity index is 436. The molecule has 0 radical (unpaired) electrons. The fourth-order valence-corrected chi connectivity index (χ4v) is 3.02. The quantitative estimate of drug-likeness (QED) is 0.908. The molecule has 0 saturated carbocycles. The van der Waals surface area contributed by atoms with E-state index in [2.05, 4.69) is 18.7 Å². The first kappa shape index (κ1) is 14.4. The molecule has 0 aromatic heterocycles. The Balaban J connectivity index is 2.09. The molecule has 2 nitrogen and oxygen atoms in total. The Morgan fingerprint density at radius 1 is 1.37 bits per heavy atom. The Labute approximate surface area is 113 Å². The molecule has 1 aromatic rings. The van der Waals surface area contributed by atoms with E-state index in [1.165, 1.54) is 18.6 Å². The standard InChI is InChI=1S/C15H22F2N2/c1-3-12-6-4-10(2)19(12)9-15(18)13-7-5-11(16)8-14(13)17/h5,7-8,10,12,15H,3-4,6,9,18H2,1-2H3. The van der Waals surface area contributed by atoms with Gasteiger partial charge in [-0.05, 0) is 32.3 Å². The highest BCUT2D eigenvalue weighted by molar-refractivity contribution is 5.22. The number of likely N-dealkylation sites (tertiary alicyclic amines) is 1. The lowest BCUT2D eigenvalue weighted by Crippen LogP contribution is -2.39. The average Bonchev–Trinajstić information content (AvgIpc) is 2.70. The zero-order valence-corrected chi connectivity index (χ0v) is 11.6. The van der Waals surface area contributed by atoms with Crippen molar-refractivity contribution in [2.45, 2.75) is 51.2 Å². The van der Waals surface area contributed by atoms with Crippen LogP contribution in [0.15, 0.2) is 18.2 Å². The second kappa shape index (κ2) is 5.97. The summed E-state index contributed by atoms with van der Waals surface area (Å²) in [5.74, 6) is -1.11. The monoisotopic (exact) mass is 268 g/mol. The van der Waals surface area contributed by atoms with Crippen LogP contribution in [0.3, 0.4) is 0 Å². The molecule has 3 atom stereocenters. The normalized spacial score (nSPS) is 25.7. The van der Waals surface area contributed by atoms with Gasteiger partial charge in [0.1, 0.15) is 11.6 Å². The van der Waals surface area contributed by atoms with Crippen molar-refractivity contribution < 1.29 is 8.78 Å². The summed E-state index contributed by atoms with van der Waals surface area (Å²) in [6.07, 6.45) is 3.43. The van der Waals surface area contributed by atoms with Crippen LogP contribution in [-0.2, 0) is 0 Å². The summed E-state index contributed by atoms with van der Waals surface area (Å²) in [5.41, 5.74) is 6.50. The molecular weight excluding hydrogens is 246 g/mol. The molecule has 0 amide bonds. The van der Waals surface area contributed by atoms with Crippen LogP contribution in [0.2, 0.25) is 0 Å². The van der Waals surface area contributed by atoms with Crippen molar-refractivity contribution >= 4 is 0 Å². The lowest BCUT2D eigenvalue weighted by atomic mass is 10.1. The van der Waals surface area contributed by atoms with Crippen molar-refractivity contribution in [1.82, 2.24) is 4.90 Å². The topological polar surface area (TPSA) is 29.3 Å². The van der Waals surface area contributed by atoms with Gasteiger partial charge in [0.15, 0.2) is 0 Å². The fraction of sp³-hybridized carbons (Fsp3) is 0.600. The summed E-state index contributed by atoms with van der Waals surface area (Å²) >= 11 is 0. The second-order valence-corrected chi connectivity index (χ2v) is 5.46. The third kappa shape index (κ3) is 3.12. The molecule has 106 valence electrons. The van der Waals surface area contributed by atoms with Gasteiger partial charge in [0.05, 0.1) is 0 Å². The molecule has 1 heterocycles. The molecule has 3 unspecified atom stereocenters. The molecular formula is C15H22F2N2. The third-order valence-electron chi connectivity index (χ3n) is 4.19. The summed E-state index contributed by atoms with van der Waals surface area (Å²) in [6.45, 7) is 4.98. The number of hydrogen-bond donors (Lipinski definition) is 1. The number of hydrogen-bond acceptors (Lipinski definition) is 2. The van der Waals surface area contributed by atoms with E-state index >= 15 is 0 Å². The molecule has 1 fully saturated rings. The summed E-state index contributed by atoms with van der Waals surface area (Å²) in [7, 11) is 0. The van der Waals surface area contributed by atoms with Gasteiger partial charge in [-0.2, -0.15) is 0 Å². The minimum Gasteiger partial charge on any atom is -0.323 e. The van der Waals surface area contributed by atoms with Gasteiger partial charge in [0.2, 0.25) is 0 Å². The highest BCUT2D eigenvalue weighted by Crippen LogP contribution is 2.28. The van der Waals surface area contributed by atoms with Gasteiger partial charge < -0.3 is 5.73 Å². The smallest absolute Gasteiger partial charge is 0.130 e. The molecule has 1 aromatic carbocycles. The van der Waals surface area contributed by atoms with Gasteiger partial charge in [-0.1, -0.05) is 13.0 Å². The van der Waals surface area contributed by atoms with E-state index in [-0.39, 0.29) is 0 Å². The van der Waals surface area contributed by atoms with Gasteiger partial charge in [-0.15, -0.1) is 0 Å². The molecule has 0 bridgehead atoms. The summed E-state index contributed by atoms with van der Waals surface area (Å²) in [5, 5.41) is 0. The minimum atomic E-state index is -0.561. The zero-order chi connectivity index (χ0) is 14.0. The van der Waals surface area contributed by atoms with E-state index in [1.54, 1.807) is 0 Å². The maximum absolute atomic E-state index is 13.7. The van der Waals surface area contributed by atoms with Crippen LogP contribution >= 0.6 is 0 Å². The maximum atomic E-state index is 13.7. The first-order valence-electron chi connectivity index (χ1n) is 6.99. The molecule has 4 heteroatoms. The molecule has 19 heavy (non-hydrogen) atoms. The van der Waals surface area contributed by atoms with Crippen molar-refractivity contribution in [3.05, 3.63) is 35.4 Å². The van der Waals surface area contributed by atoms with Crippen molar-refractivity contribution in [2.24, 2.45) is 5.73 Å². The minimum absolute atomic E-state index is 0.398. The van der Waals surface area contributed by atoms with Crippen LogP contribution in [0.25, 0.3) is 0 Å². The van der Waals surface area contributed by atoms with E-state index in [0.717, 1.165) is 18.9 Å². The predicted molar refractivity (Wildman–Crippen MR) is 72.8 cm³/mol. The van der Waals surface area contributed by atoms with Crippen LogP contribution < -0.4 is 5.73 Å². The summed E-state index contributed by atoms with van der Waals surface area (Å²) < 4.78 is 26.6. The number of nitrogens with two attached hydrogens (primary N) is 1. The lowest BCUT2D eigenvalue weighted by Gasteiger charge is -2.30. The SMILES string of the molecule is CCC1CCC(C)N1CC(N)c1ccc(F)cc1F. The molecule has 2 N–H and O–H groups in total. The number of nitrogens with zero attached hydrogens (tertiary/aromatic N) is 1. The highest BCUT2D eigenvalue weighted by atomic mass is 19.1. The first-order chi connectivity index (χ1) is 9.02. The Morgan fingerprint density at radius 3 is 2.74 bits per heavy atom. The fourth-order valence-electron chi connectivity index (χ4n) is 3.02. The third-order valence-corrected chi connectivity index (χ3v) is 4.19. The number of halogens is 2. The largest absolute Gasteiger partial charge is 0.323 e. The van der Waals surface area contributed by atoms with E-state index in [1.807, 2.05) is 0 Å². The highest BCUT2D eigenvalue weighted by Gasteiger charge is 2.30. The van der Waals surface area contributed by atoms with Crippen molar-refractivity contribution in [2.75, 3.05) is 6.54 Å². The molecule has 1 saturated heterocycles. The van der Waals surface area contributed by atoms with Gasteiger partial charge in [-0.3, -0.25) is 4.90 Å². The van der Waals surface area contributed by atoms with Crippen LogP contribution in [0.5, 0.6) is 0 Å². The molecule has 0 spiro atoms. The average molecular weight is 268 g/mol. The van der Waals surface area contributed by atoms with Gasteiger partial charge in [-0.25, -0.2) is 8.78 Å². The Kier molecular flexibility index (Phi) is 4.53. The number of rotatable bonds is 4. The summed E-state index contributed by atoms with van der Waals surface area (Å²) in [6, 6.07) is 4.24. The summed E-state index contributed by atoms with van der Waals surface area (Å²) in [4.78, 5) is 2.35. The molecule has 2 rings (SSSR count). The van der Waals surface area contributed by atoms with Crippen molar-refractivity contribution in [3.8, 4) is 0 Å². The Hall–Kier alpha value is -1.00. The van der Waals surface area contributed by atoms with Crippen LogP contribution in [-0.4, -0.2) is 23.5 Å².